The van der Waals surface area contributed by atoms with Gasteiger partial charge in [0.05, 0.1) is 9.79 Å². The molecule has 0 saturated carbocycles. The topological polar surface area (TPSA) is 80.3 Å². The minimum absolute atomic E-state index is 0.0804. The van der Waals surface area contributed by atoms with Crippen LogP contribution >= 0.6 is 0 Å². The average Bonchev–Trinajstić information content (AvgIpc) is 2.41. The smallest absolute Gasteiger partial charge is 0.261 e. The number of benzene rings is 2. The maximum Gasteiger partial charge on any atom is 0.261 e. The second-order valence-corrected chi connectivity index (χ2v) is 8.51. The van der Waals surface area contributed by atoms with E-state index in [9.17, 15) is 21.2 Å². The molecule has 5 nitrogen and oxygen atoms in total. The molecule has 0 bridgehead atoms. The fourth-order valence-electron chi connectivity index (χ4n) is 1.72. The first-order valence-electron chi connectivity index (χ1n) is 6.19. The van der Waals surface area contributed by atoms with E-state index >= 15 is 0 Å². The first-order valence-corrected chi connectivity index (χ1v) is 9.56. The Hall–Kier alpha value is -1.93. The number of nitrogens with one attached hydrogen (secondary N) is 1. The van der Waals surface area contributed by atoms with E-state index in [1.807, 2.05) is 0 Å². The summed E-state index contributed by atoms with van der Waals surface area (Å²) in [7, 11) is -7.29. The number of halogens is 1. The van der Waals surface area contributed by atoms with E-state index in [1.54, 1.807) is 0 Å². The third-order valence-corrected chi connectivity index (χ3v) is 5.50. The Labute approximate surface area is 128 Å². The summed E-state index contributed by atoms with van der Waals surface area (Å²) >= 11 is 0. The summed E-state index contributed by atoms with van der Waals surface area (Å²) in [6, 6.07) is 8.85. The highest BCUT2D eigenvalue weighted by Gasteiger charge is 2.16. The van der Waals surface area contributed by atoms with Crippen molar-refractivity contribution in [3.63, 3.8) is 0 Å². The first-order chi connectivity index (χ1) is 10.1. The molecule has 0 aliphatic rings. The number of aryl methyl sites for hydroxylation is 1. The fraction of sp³-hybridized carbons (Fsp3) is 0.143. The van der Waals surface area contributed by atoms with E-state index in [1.165, 1.54) is 43.3 Å². The maximum absolute atomic E-state index is 13.5. The molecule has 0 fully saturated rings. The van der Waals surface area contributed by atoms with Crippen molar-refractivity contribution in [1.29, 1.82) is 0 Å². The molecule has 0 amide bonds. The third kappa shape index (κ3) is 3.63. The van der Waals surface area contributed by atoms with Gasteiger partial charge < -0.3 is 0 Å². The Balaban J connectivity index is 2.30. The SMILES string of the molecule is Cc1ccc(S(=O)(=O)Nc2ccc(S(C)(=O)=O)cc2)cc1F. The van der Waals surface area contributed by atoms with Crippen molar-refractivity contribution >= 4 is 25.5 Å². The summed E-state index contributed by atoms with van der Waals surface area (Å²) in [6.45, 7) is 1.53. The van der Waals surface area contributed by atoms with Gasteiger partial charge in [0.15, 0.2) is 9.84 Å². The van der Waals surface area contributed by atoms with Gasteiger partial charge in [0.25, 0.3) is 10.0 Å². The highest BCUT2D eigenvalue weighted by molar-refractivity contribution is 7.92. The van der Waals surface area contributed by atoms with Crippen LogP contribution in [-0.2, 0) is 19.9 Å². The zero-order valence-corrected chi connectivity index (χ0v) is 13.5. The van der Waals surface area contributed by atoms with Crippen LogP contribution < -0.4 is 4.72 Å². The third-order valence-electron chi connectivity index (χ3n) is 2.99. The van der Waals surface area contributed by atoms with E-state index in [0.29, 0.717) is 5.56 Å². The van der Waals surface area contributed by atoms with Gasteiger partial charge in [-0.15, -0.1) is 0 Å². The number of hydrogen-bond donors (Lipinski definition) is 1. The van der Waals surface area contributed by atoms with Crippen molar-refractivity contribution in [2.45, 2.75) is 16.7 Å². The predicted octanol–water partition coefficient (Wildman–Crippen LogP) is 2.34. The second-order valence-electron chi connectivity index (χ2n) is 4.81. The largest absolute Gasteiger partial charge is 0.280 e. The van der Waals surface area contributed by atoms with Crippen LogP contribution in [0, 0.1) is 12.7 Å². The molecule has 2 rings (SSSR count). The number of sulfone groups is 1. The number of anilines is 1. The molecule has 8 heteroatoms. The van der Waals surface area contributed by atoms with Gasteiger partial charge in [0.1, 0.15) is 5.82 Å². The van der Waals surface area contributed by atoms with Crippen LogP contribution in [0.25, 0.3) is 0 Å². The molecule has 0 saturated heterocycles. The number of rotatable bonds is 4. The molecule has 0 heterocycles. The quantitative estimate of drug-likeness (QED) is 0.924. The highest BCUT2D eigenvalue weighted by Crippen LogP contribution is 2.20. The van der Waals surface area contributed by atoms with Crippen LogP contribution in [0.4, 0.5) is 10.1 Å². The standard InChI is InChI=1S/C14H14FNO4S2/c1-10-3-6-13(9-14(10)15)22(19,20)16-11-4-7-12(8-5-11)21(2,17)18/h3-9,16H,1-2H3. The van der Waals surface area contributed by atoms with Gasteiger partial charge in [-0.05, 0) is 48.9 Å². The molecule has 2 aromatic carbocycles. The van der Waals surface area contributed by atoms with E-state index in [0.717, 1.165) is 12.3 Å². The van der Waals surface area contributed by atoms with E-state index < -0.39 is 25.7 Å². The Morgan fingerprint density at radius 3 is 1.95 bits per heavy atom. The fourth-order valence-corrected chi connectivity index (χ4v) is 3.43. The lowest BCUT2D eigenvalue weighted by atomic mass is 10.2. The van der Waals surface area contributed by atoms with E-state index in [-0.39, 0.29) is 15.5 Å². The van der Waals surface area contributed by atoms with Crippen LogP contribution in [0.1, 0.15) is 5.56 Å². The van der Waals surface area contributed by atoms with Gasteiger partial charge in [-0.2, -0.15) is 0 Å². The molecule has 0 aliphatic carbocycles. The van der Waals surface area contributed by atoms with Crippen LogP contribution in [0.15, 0.2) is 52.3 Å². The molecule has 0 spiro atoms. The average molecular weight is 343 g/mol. The van der Waals surface area contributed by atoms with Crippen molar-refractivity contribution in [2.75, 3.05) is 11.0 Å². The first kappa shape index (κ1) is 16.4. The molecular formula is C14H14FNO4S2. The molecule has 0 aromatic heterocycles. The molecule has 0 radical (unpaired) electrons. The Morgan fingerprint density at radius 2 is 1.45 bits per heavy atom. The van der Waals surface area contributed by atoms with E-state index in [2.05, 4.69) is 4.72 Å². The molecular weight excluding hydrogens is 329 g/mol. The van der Waals surface area contributed by atoms with Crippen molar-refractivity contribution < 1.29 is 21.2 Å². The summed E-state index contributed by atoms with van der Waals surface area (Å²) in [5.41, 5.74) is 0.532. The summed E-state index contributed by atoms with van der Waals surface area (Å²) in [6.07, 6.45) is 1.06. The van der Waals surface area contributed by atoms with Crippen molar-refractivity contribution in [3.8, 4) is 0 Å². The highest BCUT2D eigenvalue weighted by atomic mass is 32.2. The van der Waals surface area contributed by atoms with Gasteiger partial charge in [-0.3, -0.25) is 4.72 Å². The van der Waals surface area contributed by atoms with Crippen LogP contribution in [0.2, 0.25) is 0 Å². The van der Waals surface area contributed by atoms with Gasteiger partial charge in [0.2, 0.25) is 0 Å². The minimum atomic E-state index is -3.94. The number of hydrogen-bond acceptors (Lipinski definition) is 4. The molecule has 1 N–H and O–H groups in total. The van der Waals surface area contributed by atoms with Crippen LogP contribution in [0.5, 0.6) is 0 Å². The normalized spacial score (nSPS) is 12.1. The maximum atomic E-state index is 13.5. The lowest BCUT2D eigenvalue weighted by Gasteiger charge is -2.09. The number of sulfonamides is 1. The summed E-state index contributed by atoms with van der Waals surface area (Å²) in [5, 5.41) is 0. The zero-order chi connectivity index (χ0) is 16.5. The summed E-state index contributed by atoms with van der Waals surface area (Å²) in [4.78, 5) is -0.125. The van der Waals surface area contributed by atoms with Gasteiger partial charge in [-0.1, -0.05) is 6.07 Å². The monoisotopic (exact) mass is 343 g/mol. The molecule has 2 aromatic rings. The zero-order valence-electron chi connectivity index (χ0n) is 11.9. The molecule has 0 unspecified atom stereocenters. The lowest BCUT2D eigenvalue weighted by molar-refractivity contribution is 0.593. The van der Waals surface area contributed by atoms with Gasteiger partial charge >= 0.3 is 0 Å². The Bertz CT molecular complexity index is 904. The molecule has 118 valence electrons. The van der Waals surface area contributed by atoms with Gasteiger partial charge in [0, 0.05) is 11.9 Å². The second kappa shape index (κ2) is 5.69. The van der Waals surface area contributed by atoms with Crippen molar-refractivity contribution in [2.24, 2.45) is 0 Å². The van der Waals surface area contributed by atoms with Crippen molar-refractivity contribution in [3.05, 3.63) is 53.8 Å². The summed E-state index contributed by atoms with van der Waals surface area (Å²) < 4.78 is 62.7. The van der Waals surface area contributed by atoms with Gasteiger partial charge in [-0.25, -0.2) is 21.2 Å². The Morgan fingerprint density at radius 1 is 0.909 bits per heavy atom. The van der Waals surface area contributed by atoms with Crippen LogP contribution in [0.3, 0.4) is 0 Å². The predicted molar refractivity (Wildman–Crippen MR) is 81.5 cm³/mol. The Kier molecular flexibility index (Phi) is 4.25. The minimum Gasteiger partial charge on any atom is -0.280 e. The molecule has 22 heavy (non-hydrogen) atoms. The lowest BCUT2D eigenvalue weighted by Crippen LogP contribution is -2.13. The van der Waals surface area contributed by atoms with E-state index in [4.69, 9.17) is 0 Å². The van der Waals surface area contributed by atoms with Crippen molar-refractivity contribution in [1.82, 2.24) is 0 Å². The molecule has 0 aliphatic heterocycles. The summed E-state index contributed by atoms with van der Waals surface area (Å²) in [5.74, 6) is -0.615. The van der Waals surface area contributed by atoms with Crippen LogP contribution in [-0.4, -0.2) is 23.1 Å². The molecule has 0 atom stereocenters.